The van der Waals surface area contributed by atoms with Gasteiger partial charge in [0.1, 0.15) is 0 Å². The number of hydrogen-bond acceptors (Lipinski definition) is 6. The van der Waals surface area contributed by atoms with Gasteiger partial charge in [0.15, 0.2) is 0 Å². The van der Waals surface area contributed by atoms with Crippen molar-refractivity contribution in [2.24, 2.45) is 11.8 Å². The number of hydrogen-bond donors (Lipinski definition) is 1. The molecule has 6 heteroatoms. The smallest absolute Gasteiger partial charge is 0.305 e. The van der Waals surface area contributed by atoms with Gasteiger partial charge in [-0.15, -0.1) is 0 Å². The third kappa shape index (κ3) is 56.9. The Kier molecular flexibility index (Phi) is 60.9. The molecule has 6 nitrogen and oxygen atoms in total. The number of unbranched alkanes of at least 4 members (excludes halogenated alkanes) is 27. The maximum Gasteiger partial charge on any atom is 0.305 e. The molecule has 0 bridgehead atoms. The zero-order valence-corrected chi connectivity index (χ0v) is 42.2. The molecule has 0 fully saturated rings. The Bertz CT molecular complexity index is 773. The van der Waals surface area contributed by atoms with Gasteiger partial charge in [-0.3, -0.25) is 9.59 Å². The Morgan fingerprint density at radius 1 is 0.467 bits per heavy atom. The number of nitrogens with zero attached hydrogens (tertiary/aromatic N) is 1. The van der Waals surface area contributed by atoms with E-state index >= 15 is 0 Å². The molecule has 0 amide bonds. The highest BCUT2D eigenvalue weighted by molar-refractivity contribution is 5.69. The molecule has 0 radical (unpaired) electrons. The molecule has 0 heterocycles. The summed E-state index contributed by atoms with van der Waals surface area (Å²) in [6, 6.07) is 0. The second-order valence-corrected chi connectivity index (χ2v) is 18.3. The van der Waals surface area contributed by atoms with Crippen molar-refractivity contribution in [3.63, 3.8) is 0 Å². The molecule has 362 valence electrons. The van der Waals surface area contributed by atoms with Crippen LogP contribution in [0.25, 0.3) is 0 Å². The number of carbonyl (C=O) groups excluding carboxylic acids is 2. The van der Waals surface area contributed by atoms with Crippen LogP contribution >= 0.6 is 0 Å². The maximum absolute atomic E-state index is 11.9. The lowest BCUT2D eigenvalue weighted by Crippen LogP contribution is -2.29. The summed E-state index contributed by atoms with van der Waals surface area (Å²) in [5.74, 6) is 0.980. The summed E-state index contributed by atoms with van der Waals surface area (Å²) < 4.78 is 10.5. The van der Waals surface area contributed by atoms with Crippen LogP contribution in [0.4, 0.5) is 0 Å². The predicted molar refractivity (Wildman–Crippen MR) is 264 cm³/mol. The third-order valence-corrected chi connectivity index (χ3v) is 12.0. The normalized spacial score (nSPS) is 12.0. The van der Waals surface area contributed by atoms with Crippen molar-refractivity contribution in [1.82, 2.24) is 4.90 Å². The predicted octanol–water partition coefficient (Wildman–Crippen LogP) is 16.8. The van der Waals surface area contributed by atoms with Crippen LogP contribution in [-0.2, 0) is 19.1 Å². The lowest BCUT2D eigenvalue weighted by Gasteiger charge is -2.20. The lowest BCUT2D eigenvalue weighted by molar-refractivity contribution is -0.145. The van der Waals surface area contributed by atoms with Crippen molar-refractivity contribution in [2.45, 2.75) is 286 Å². The Balaban J connectivity index is -0.000000922. The van der Waals surface area contributed by atoms with Crippen LogP contribution in [0.1, 0.15) is 286 Å². The summed E-state index contributed by atoms with van der Waals surface area (Å²) in [7, 11) is 0. The number of carbonyl (C=O) groups is 2. The van der Waals surface area contributed by atoms with Crippen molar-refractivity contribution in [3.8, 4) is 0 Å². The summed E-state index contributed by atoms with van der Waals surface area (Å²) in [4.78, 5) is 24.6. The van der Waals surface area contributed by atoms with Gasteiger partial charge in [0, 0.05) is 13.0 Å². The SMILES string of the molecule is CCCCCCCC.CCCCCCCCCCCC(C)COC(=O)CCCN(CCO)CCCC.CCCCCCCCCCCC(CCCCCCCC)COC=O. The molecule has 0 aliphatic rings. The highest BCUT2D eigenvalue weighted by Crippen LogP contribution is 2.20. The van der Waals surface area contributed by atoms with Crippen LogP contribution in [0.2, 0.25) is 0 Å². The fourth-order valence-corrected chi connectivity index (χ4v) is 7.80. The Morgan fingerprint density at radius 2 is 0.817 bits per heavy atom. The second kappa shape index (κ2) is 57.9. The lowest BCUT2D eigenvalue weighted by atomic mass is 9.94. The van der Waals surface area contributed by atoms with Crippen molar-refractivity contribution < 1.29 is 24.2 Å². The average Bonchev–Trinajstić information content (AvgIpc) is 3.25. The molecule has 2 unspecified atom stereocenters. The molecule has 1 N–H and O–H groups in total. The number of esters is 1. The molecular weight excluding hydrogens is 743 g/mol. The average molecular weight is 854 g/mol. The van der Waals surface area contributed by atoms with E-state index in [0.29, 0.717) is 44.5 Å². The Morgan fingerprint density at radius 3 is 1.18 bits per heavy atom. The Hall–Kier alpha value is -1.14. The monoisotopic (exact) mass is 854 g/mol. The summed E-state index contributed by atoms with van der Waals surface area (Å²) >= 11 is 0. The number of aliphatic hydroxyl groups excluding tert-OH is 1. The largest absolute Gasteiger partial charge is 0.468 e. The fraction of sp³-hybridized carbons (Fsp3) is 0.963. The summed E-state index contributed by atoms with van der Waals surface area (Å²) in [6.45, 7) is 20.2. The van der Waals surface area contributed by atoms with Gasteiger partial charge in [0.2, 0.25) is 0 Å². The zero-order valence-electron chi connectivity index (χ0n) is 42.2. The van der Waals surface area contributed by atoms with Gasteiger partial charge >= 0.3 is 5.97 Å². The van der Waals surface area contributed by atoms with Crippen molar-refractivity contribution in [1.29, 1.82) is 0 Å². The van der Waals surface area contributed by atoms with Crippen molar-refractivity contribution >= 4 is 12.4 Å². The first kappa shape index (κ1) is 63.2. The van der Waals surface area contributed by atoms with Gasteiger partial charge in [-0.1, -0.05) is 248 Å². The zero-order chi connectivity index (χ0) is 44.8. The van der Waals surface area contributed by atoms with Crippen LogP contribution in [0.3, 0.4) is 0 Å². The van der Waals surface area contributed by atoms with E-state index in [1.165, 1.54) is 205 Å². The Labute approximate surface area is 377 Å². The van der Waals surface area contributed by atoms with Crippen LogP contribution in [0.15, 0.2) is 0 Å². The fourth-order valence-electron chi connectivity index (χ4n) is 7.80. The molecule has 0 rings (SSSR count). The van der Waals surface area contributed by atoms with E-state index in [-0.39, 0.29) is 12.6 Å². The first-order chi connectivity index (χ1) is 29.4. The molecule has 60 heavy (non-hydrogen) atoms. The highest BCUT2D eigenvalue weighted by Gasteiger charge is 2.11. The van der Waals surface area contributed by atoms with Crippen LogP contribution in [0.5, 0.6) is 0 Å². The minimum atomic E-state index is -0.0710. The molecule has 0 aliphatic heterocycles. The minimum Gasteiger partial charge on any atom is -0.468 e. The molecule has 0 aromatic heterocycles. The first-order valence-electron chi connectivity index (χ1n) is 26.9. The number of rotatable bonds is 46. The van der Waals surface area contributed by atoms with E-state index in [2.05, 4.69) is 53.4 Å². The molecule has 0 aromatic carbocycles. The van der Waals surface area contributed by atoms with Gasteiger partial charge in [-0.25, -0.2) is 0 Å². The van der Waals surface area contributed by atoms with E-state index in [4.69, 9.17) is 14.6 Å². The standard InChI is InChI=1S/C24H49NO3.C22H44O2.C8H18/c1-4-6-8-9-10-11-12-13-14-16-23(3)22-28-24(27)17-15-19-25(20-21-26)18-7-5-2;1-3-5-7-9-11-12-13-15-17-19-22(20-24-21-23)18-16-14-10-8-6-4-2;1-3-5-7-8-6-4-2/h23,26H,4-22H2,1-3H3;21-22H,3-20H2,1-2H3;3-8H2,1-2H3. The first-order valence-corrected chi connectivity index (χ1v) is 26.9. The van der Waals surface area contributed by atoms with Gasteiger partial charge < -0.3 is 19.5 Å². The molecule has 0 aromatic rings. The number of aliphatic hydroxyl groups is 1. The van der Waals surface area contributed by atoms with E-state index in [1.807, 2.05) is 0 Å². The summed E-state index contributed by atoms with van der Waals surface area (Å²) in [6.07, 6.45) is 48.4. The quantitative estimate of drug-likeness (QED) is 0.0373. The number of ether oxygens (including phenoxy) is 2. The summed E-state index contributed by atoms with van der Waals surface area (Å²) in [5, 5.41) is 9.12. The van der Waals surface area contributed by atoms with Crippen molar-refractivity contribution in [3.05, 3.63) is 0 Å². The second-order valence-electron chi connectivity index (χ2n) is 18.3. The topological polar surface area (TPSA) is 76.1 Å². The molecule has 0 saturated heterocycles. The third-order valence-electron chi connectivity index (χ3n) is 12.0. The molecule has 0 aliphatic carbocycles. The van der Waals surface area contributed by atoms with Crippen molar-refractivity contribution in [2.75, 3.05) is 39.5 Å². The maximum atomic E-state index is 11.9. The van der Waals surface area contributed by atoms with Gasteiger partial charge in [0.25, 0.3) is 6.47 Å². The molecule has 0 spiro atoms. The molecule has 0 saturated carbocycles. The molecular formula is C54H111NO5. The van der Waals surface area contributed by atoms with E-state index in [1.54, 1.807) is 0 Å². The molecule has 2 atom stereocenters. The van der Waals surface area contributed by atoms with E-state index in [9.17, 15) is 9.59 Å². The van der Waals surface area contributed by atoms with Gasteiger partial charge in [-0.05, 0) is 57.0 Å². The van der Waals surface area contributed by atoms with E-state index < -0.39 is 0 Å². The minimum absolute atomic E-state index is 0.0710. The van der Waals surface area contributed by atoms with E-state index in [0.717, 1.165) is 38.8 Å². The van der Waals surface area contributed by atoms with Crippen LogP contribution < -0.4 is 0 Å². The highest BCUT2D eigenvalue weighted by atomic mass is 16.5. The van der Waals surface area contributed by atoms with Crippen LogP contribution in [-0.4, -0.2) is 61.9 Å². The van der Waals surface area contributed by atoms with Gasteiger partial charge in [-0.2, -0.15) is 0 Å². The van der Waals surface area contributed by atoms with Crippen LogP contribution in [0, 0.1) is 11.8 Å². The summed E-state index contributed by atoms with van der Waals surface area (Å²) in [5.41, 5.74) is 0. The van der Waals surface area contributed by atoms with Gasteiger partial charge in [0.05, 0.1) is 19.8 Å².